The van der Waals surface area contributed by atoms with Gasteiger partial charge < -0.3 is 14.5 Å². The first-order valence-corrected chi connectivity index (χ1v) is 3.96. The molecular weight excluding hydrogens is 192 g/mol. The predicted molar refractivity (Wildman–Crippen MR) is 48.8 cm³/mol. The molecule has 2 N–H and O–H groups in total. The van der Waals surface area contributed by atoms with Crippen LogP contribution in [0.25, 0.3) is 11.1 Å². The lowest BCUT2D eigenvalue weighted by atomic mass is 9.88. The molecule has 0 aliphatic carbocycles. The van der Waals surface area contributed by atoms with Gasteiger partial charge in [-0.1, -0.05) is 11.6 Å². The van der Waals surface area contributed by atoms with Gasteiger partial charge in [0.2, 0.25) is 5.71 Å². The van der Waals surface area contributed by atoms with Crippen molar-refractivity contribution < 1.29 is 14.5 Å². The van der Waals surface area contributed by atoms with Crippen molar-refractivity contribution in [3.05, 3.63) is 23.4 Å². The van der Waals surface area contributed by atoms with Gasteiger partial charge in [-0.3, -0.25) is 0 Å². The minimum Gasteiger partial charge on any atom is -0.447 e. The SMILES string of the molecule is OB(O)c1cc2c(Cl)ccnc2o1. The summed E-state index contributed by atoms with van der Waals surface area (Å²) in [6.07, 6.45) is 1.49. The summed E-state index contributed by atoms with van der Waals surface area (Å²) in [5.41, 5.74) is 0.339. The standard InChI is InChI=1S/C7H5BClNO3/c9-5-1-2-10-7-4(5)3-6(13-7)8(11)12/h1-3,11-12H. The Morgan fingerprint density at radius 3 is 2.85 bits per heavy atom. The molecule has 0 saturated carbocycles. The molecule has 0 fully saturated rings. The summed E-state index contributed by atoms with van der Waals surface area (Å²) >= 11 is 5.81. The maximum absolute atomic E-state index is 8.81. The molecule has 0 saturated heterocycles. The monoisotopic (exact) mass is 197 g/mol. The van der Waals surface area contributed by atoms with E-state index in [1.807, 2.05) is 0 Å². The van der Waals surface area contributed by atoms with Gasteiger partial charge in [0.25, 0.3) is 0 Å². The van der Waals surface area contributed by atoms with Gasteiger partial charge in [0.1, 0.15) is 5.66 Å². The summed E-state index contributed by atoms with van der Waals surface area (Å²) in [5.74, 6) is 0. The van der Waals surface area contributed by atoms with Crippen molar-refractivity contribution in [2.45, 2.75) is 0 Å². The minimum atomic E-state index is -1.63. The Hall–Kier alpha value is -1.04. The fourth-order valence-electron chi connectivity index (χ4n) is 1.05. The highest BCUT2D eigenvalue weighted by Crippen LogP contribution is 2.20. The van der Waals surface area contributed by atoms with Crippen LogP contribution in [0.3, 0.4) is 0 Å². The summed E-state index contributed by atoms with van der Waals surface area (Å²) < 4.78 is 5.01. The average Bonchev–Trinajstić information content (AvgIpc) is 2.49. The number of pyridine rings is 1. The third-order valence-electron chi connectivity index (χ3n) is 1.66. The number of hydrogen-bond donors (Lipinski definition) is 2. The van der Waals surface area contributed by atoms with Gasteiger partial charge >= 0.3 is 7.12 Å². The molecule has 13 heavy (non-hydrogen) atoms. The molecule has 4 nitrogen and oxygen atoms in total. The number of aromatic nitrogens is 1. The Kier molecular flexibility index (Phi) is 1.99. The largest absolute Gasteiger partial charge is 0.526 e. The highest BCUT2D eigenvalue weighted by Gasteiger charge is 2.18. The van der Waals surface area contributed by atoms with E-state index in [2.05, 4.69) is 4.98 Å². The smallest absolute Gasteiger partial charge is 0.447 e. The lowest BCUT2D eigenvalue weighted by Gasteiger charge is -1.88. The summed E-state index contributed by atoms with van der Waals surface area (Å²) in [6, 6.07) is 3.06. The lowest BCUT2D eigenvalue weighted by molar-refractivity contribution is 0.412. The molecule has 6 heteroatoms. The molecule has 2 aromatic heterocycles. The first kappa shape index (κ1) is 8.56. The van der Waals surface area contributed by atoms with E-state index >= 15 is 0 Å². The van der Waals surface area contributed by atoms with Crippen molar-refractivity contribution in [2.75, 3.05) is 0 Å². The zero-order valence-electron chi connectivity index (χ0n) is 6.44. The minimum absolute atomic E-state index is 0.0376. The van der Waals surface area contributed by atoms with Gasteiger partial charge in [-0.15, -0.1) is 0 Å². The van der Waals surface area contributed by atoms with Crippen LogP contribution in [0.1, 0.15) is 0 Å². The number of nitrogens with zero attached hydrogens (tertiary/aromatic N) is 1. The number of furan rings is 1. The van der Waals surface area contributed by atoms with Crippen LogP contribution < -0.4 is 5.66 Å². The molecule has 0 spiro atoms. The fourth-order valence-corrected chi connectivity index (χ4v) is 1.25. The van der Waals surface area contributed by atoms with Crippen molar-refractivity contribution >= 4 is 35.5 Å². The van der Waals surface area contributed by atoms with Gasteiger partial charge in [-0.25, -0.2) is 4.98 Å². The maximum atomic E-state index is 8.81. The summed E-state index contributed by atoms with van der Waals surface area (Å²) in [6.45, 7) is 0. The molecule has 0 atom stereocenters. The average molecular weight is 197 g/mol. The third kappa shape index (κ3) is 1.41. The van der Waals surface area contributed by atoms with Gasteiger partial charge in [0, 0.05) is 6.20 Å². The molecule has 2 heterocycles. The molecular formula is C7H5BClNO3. The molecule has 0 unspecified atom stereocenters. The van der Waals surface area contributed by atoms with E-state index in [0.29, 0.717) is 16.1 Å². The van der Waals surface area contributed by atoms with Crippen LogP contribution in [0.2, 0.25) is 5.02 Å². The number of hydrogen-bond acceptors (Lipinski definition) is 4. The Bertz CT molecular complexity index is 442. The van der Waals surface area contributed by atoms with E-state index in [1.165, 1.54) is 12.3 Å². The van der Waals surface area contributed by atoms with E-state index in [9.17, 15) is 0 Å². The molecule has 2 rings (SSSR count). The molecule has 0 aliphatic heterocycles. The van der Waals surface area contributed by atoms with Gasteiger partial charge in [0.15, 0.2) is 0 Å². The molecule has 66 valence electrons. The van der Waals surface area contributed by atoms with E-state index in [4.69, 9.17) is 26.1 Å². The normalized spacial score (nSPS) is 10.7. The molecule has 0 radical (unpaired) electrons. The van der Waals surface area contributed by atoms with E-state index in [0.717, 1.165) is 0 Å². The van der Waals surface area contributed by atoms with Crippen molar-refractivity contribution in [3.8, 4) is 0 Å². The molecule has 2 aromatic rings. The first-order chi connectivity index (χ1) is 6.18. The summed E-state index contributed by atoms with van der Waals surface area (Å²) in [7, 11) is -1.63. The third-order valence-corrected chi connectivity index (χ3v) is 1.99. The first-order valence-electron chi connectivity index (χ1n) is 3.58. The summed E-state index contributed by atoms with van der Waals surface area (Å²) in [4.78, 5) is 3.87. The van der Waals surface area contributed by atoms with Crippen molar-refractivity contribution in [1.29, 1.82) is 0 Å². The van der Waals surface area contributed by atoms with Crippen molar-refractivity contribution in [1.82, 2.24) is 4.98 Å². The van der Waals surface area contributed by atoms with E-state index < -0.39 is 7.12 Å². The van der Waals surface area contributed by atoms with Crippen molar-refractivity contribution in [2.24, 2.45) is 0 Å². The highest BCUT2D eigenvalue weighted by molar-refractivity contribution is 6.57. The quantitative estimate of drug-likeness (QED) is 0.639. The lowest BCUT2D eigenvalue weighted by Crippen LogP contribution is -2.27. The Labute approximate surface area is 78.9 Å². The van der Waals surface area contributed by atoms with Crippen LogP contribution in [0, 0.1) is 0 Å². The number of halogens is 1. The van der Waals surface area contributed by atoms with Gasteiger partial charge in [-0.05, 0) is 12.1 Å². The zero-order chi connectivity index (χ0) is 9.42. The number of rotatable bonds is 1. The van der Waals surface area contributed by atoms with Crippen molar-refractivity contribution in [3.63, 3.8) is 0 Å². The summed E-state index contributed by atoms with van der Waals surface area (Å²) in [5, 5.41) is 18.7. The fraction of sp³-hybridized carbons (Fsp3) is 0. The molecule has 0 bridgehead atoms. The topological polar surface area (TPSA) is 66.5 Å². The Balaban J connectivity index is 2.68. The van der Waals surface area contributed by atoms with Crippen LogP contribution in [0.4, 0.5) is 0 Å². The molecule has 0 amide bonds. The second-order valence-corrected chi connectivity index (χ2v) is 2.94. The predicted octanol–water partition coefficient (Wildman–Crippen LogP) is 0.161. The highest BCUT2D eigenvalue weighted by atomic mass is 35.5. The maximum Gasteiger partial charge on any atom is 0.526 e. The number of fused-ring (bicyclic) bond motifs is 1. The van der Waals surface area contributed by atoms with Gasteiger partial charge in [0.05, 0.1) is 10.4 Å². The van der Waals surface area contributed by atoms with Crippen LogP contribution in [-0.2, 0) is 0 Å². The van der Waals surface area contributed by atoms with Crippen LogP contribution in [0.5, 0.6) is 0 Å². The van der Waals surface area contributed by atoms with Gasteiger partial charge in [-0.2, -0.15) is 0 Å². The van der Waals surface area contributed by atoms with E-state index in [-0.39, 0.29) is 5.66 Å². The second kappa shape index (κ2) is 3.03. The second-order valence-electron chi connectivity index (χ2n) is 2.53. The Morgan fingerprint density at radius 1 is 1.46 bits per heavy atom. The Morgan fingerprint density at radius 2 is 2.23 bits per heavy atom. The molecule has 0 aliphatic rings. The zero-order valence-corrected chi connectivity index (χ0v) is 7.19. The van der Waals surface area contributed by atoms with Crippen LogP contribution >= 0.6 is 11.6 Å². The van der Waals surface area contributed by atoms with Crippen LogP contribution in [0.15, 0.2) is 22.7 Å². The van der Waals surface area contributed by atoms with Crippen LogP contribution in [-0.4, -0.2) is 22.2 Å². The molecule has 0 aromatic carbocycles. The van der Waals surface area contributed by atoms with E-state index in [1.54, 1.807) is 6.07 Å².